The SMILES string of the molecule is C=C1CCC2C3C(CC[C@]12C)[C@@]1(C)C/C(=C\O)C(=O)CC1[C@@H](O[Si](C)(C)C(C)(C)C)[C@@H]3O[Si](C)(C)C(C)(C)C.C=C1CCC2C3C(CC[C@]12C)[C@@]1(C)Cc2conc2CC1[C@@H](O)[C@@H]3O. The zero-order valence-electron chi connectivity index (χ0n) is 42.4. The minimum Gasteiger partial charge on any atom is -0.515 e. The summed E-state index contributed by atoms with van der Waals surface area (Å²) in [7, 11) is -4.35. The lowest BCUT2D eigenvalue weighted by molar-refractivity contribution is -0.201. The molecule has 8 unspecified atom stereocenters. The second kappa shape index (κ2) is 15.9. The maximum atomic E-state index is 13.4. The molecule has 9 rings (SSSR count). The number of hydrogen-bond acceptors (Lipinski definition) is 8. The Morgan fingerprint density at radius 2 is 1.20 bits per heavy atom. The molecule has 0 saturated heterocycles. The molecule has 8 aliphatic carbocycles. The number of Topliss-reactive ketones (excluding diaryl/α,β-unsaturated/α-hetero) is 1. The Hall–Kier alpha value is -1.83. The van der Waals surface area contributed by atoms with Gasteiger partial charge in [0.15, 0.2) is 22.4 Å². The van der Waals surface area contributed by atoms with E-state index in [4.69, 9.17) is 13.4 Å². The lowest BCUT2D eigenvalue weighted by Gasteiger charge is -2.66. The number of aliphatic hydroxyl groups excluding tert-OH is 3. The number of allylic oxidation sites excluding steroid dienone is 3. The molecular weight excluding hydrogens is 831 g/mol. The van der Waals surface area contributed by atoms with Crippen LogP contribution in [0.25, 0.3) is 0 Å². The number of carbonyl (C=O) groups excluding carboxylic acids is 1. The van der Waals surface area contributed by atoms with Crippen molar-refractivity contribution in [2.75, 3.05) is 0 Å². The van der Waals surface area contributed by atoms with Crippen molar-refractivity contribution in [2.45, 2.75) is 207 Å². The number of nitrogens with zero attached hydrogens (tertiary/aromatic N) is 1. The van der Waals surface area contributed by atoms with Gasteiger partial charge in [-0.2, -0.15) is 0 Å². The van der Waals surface area contributed by atoms with Gasteiger partial charge in [-0.25, -0.2) is 0 Å². The third-order valence-corrected chi connectivity index (χ3v) is 30.8. The lowest BCUT2D eigenvalue weighted by Crippen LogP contribution is -2.68. The first-order valence-electron chi connectivity index (χ1n) is 25.3. The van der Waals surface area contributed by atoms with Crippen LogP contribution in [0, 0.1) is 69.0 Å². The number of carbonyl (C=O) groups is 1. The van der Waals surface area contributed by atoms with Gasteiger partial charge in [-0.1, -0.05) is 98.7 Å². The predicted octanol–water partition coefficient (Wildman–Crippen LogP) is 12.3. The highest BCUT2D eigenvalue weighted by molar-refractivity contribution is 6.74. The van der Waals surface area contributed by atoms with Gasteiger partial charge in [0.1, 0.15) is 6.26 Å². The first kappa shape index (κ1) is 48.6. The topological polar surface area (TPSA) is 122 Å². The van der Waals surface area contributed by atoms with Crippen molar-refractivity contribution in [3.63, 3.8) is 0 Å². The van der Waals surface area contributed by atoms with Gasteiger partial charge in [0.2, 0.25) is 0 Å². The van der Waals surface area contributed by atoms with Gasteiger partial charge in [0.25, 0.3) is 0 Å². The van der Waals surface area contributed by atoms with Crippen LogP contribution in [0.5, 0.6) is 0 Å². The van der Waals surface area contributed by atoms with E-state index in [1.165, 1.54) is 29.6 Å². The standard InChI is InChI=1S/C33H58O4Si2.C21H29NO3/c1-21-14-15-23-27-24(16-17-32(21,23)8)33(9)19-22(20-34)26(35)18-25(33)28(36-38(10,11)30(2,3)4)29(27)37-39(12,13)31(5,6)7;1-11-4-5-13-17-14(6-7-20(11,13)2)21(3)9-12-10-25-22-16(12)8-15(21)18(23)19(17)24/h20,23-25,27-29,34H,1,14-19H2,2-13H3;10,13-15,17-19,23-24H,1,4-9H2,2-3H3/b22-20+;/t23?,24?,25?,27?,28-,29-,32-,33-;13?,14?,15?,17?,18-,19-,20-,21-/m11/s1. The summed E-state index contributed by atoms with van der Waals surface area (Å²) >= 11 is 0. The van der Waals surface area contributed by atoms with Gasteiger partial charge < -0.3 is 28.7 Å². The van der Waals surface area contributed by atoms with Crippen molar-refractivity contribution in [1.82, 2.24) is 5.16 Å². The van der Waals surface area contributed by atoms with Crippen LogP contribution in [0.4, 0.5) is 0 Å². The van der Waals surface area contributed by atoms with Crippen molar-refractivity contribution in [2.24, 2.45) is 69.0 Å². The molecule has 0 aromatic carbocycles. The molecule has 16 atom stereocenters. The molecule has 1 aromatic rings. The summed E-state index contributed by atoms with van der Waals surface area (Å²) in [6, 6.07) is 0. The van der Waals surface area contributed by atoms with Crippen LogP contribution in [0.2, 0.25) is 36.3 Å². The van der Waals surface area contributed by atoms with Crippen LogP contribution >= 0.6 is 0 Å². The molecule has 64 heavy (non-hydrogen) atoms. The predicted molar refractivity (Wildman–Crippen MR) is 261 cm³/mol. The van der Waals surface area contributed by atoms with Crippen LogP contribution < -0.4 is 0 Å². The molecule has 7 saturated carbocycles. The molecular formula is C54H87NO7Si2. The van der Waals surface area contributed by atoms with E-state index in [1.807, 2.05) is 0 Å². The maximum absolute atomic E-state index is 13.4. The summed E-state index contributed by atoms with van der Waals surface area (Å²) in [4.78, 5) is 13.4. The maximum Gasteiger partial charge on any atom is 0.192 e. The molecule has 0 radical (unpaired) electrons. The Kier molecular flexibility index (Phi) is 12.1. The van der Waals surface area contributed by atoms with Gasteiger partial charge >= 0.3 is 0 Å². The van der Waals surface area contributed by atoms with E-state index in [2.05, 4.69) is 114 Å². The molecule has 0 spiro atoms. The van der Waals surface area contributed by atoms with E-state index in [0.717, 1.165) is 63.3 Å². The monoisotopic (exact) mass is 918 g/mol. The molecule has 1 aromatic heterocycles. The van der Waals surface area contributed by atoms with E-state index in [9.17, 15) is 20.1 Å². The zero-order valence-corrected chi connectivity index (χ0v) is 44.4. The Labute approximate surface area is 389 Å². The summed E-state index contributed by atoms with van der Waals surface area (Å²) < 4.78 is 20.3. The molecule has 7 fully saturated rings. The normalized spacial score (nSPS) is 45.0. The number of fused-ring (bicyclic) bond motifs is 11. The fraction of sp³-hybridized carbons (Fsp3) is 0.815. The van der Waals surface area contributed by atoms with Crippen LogP contribution in [0.1, 0.15) is 145 Å². The van der Waals surface area contributed by atoms with Crippen LogP contribution in [0.3, 0.4) is 0 Å². The fourth-order valence-electron chi connectivity index (χ4n) is 15.6. The van der Waals surface area contributed by atoms with Crippen LogP contribution in [-0.2, 0) is 26.5 Å². The highest BCUT2D eigenvalue weighted by Crippen LogP contribution is 2.70. The number of ketones is 1. The minimum absolute atomic E-state index is 0.00706. The van der Waals surface area contributed by atoms with Gasteiger partial charge in [-0.15, -0.1) is 0 Å². The highest BCUT2D eigenvalue weighted by Gasteiger charge is 2.68. The number of rotatable bonds is 4. The molecule has 0 bridgehead atoms. The second-order valence-corrected chi connectivity index (χ2v) is 36.3. The first-order chi connectivity index (χ1) is 29.5. The van der Waals surface area contributed by atoms with E-state index >= 15 is 0 Å². The third kappa shape index (κ3) is 7.28. The summed E-state index contributed by atoms with van der Waals surface area (Å²) in [6.07, 6.45) is 13.2. The van der Waals surface area contributed by atoms with E-state index in [0.29, 0.717) is 48.0 Å². The summed E-state index contributed by atoms with van der Waals surface area (Å²) in [5.41, 5.74) is 5.73. The summed E-state index contributed by atoms with van der Waals surface area (Å²) in [5, 5.41) is 36.6. The molecule has 10 heteroatoms. The van der Waals surface area contributed by atoms with Gasteiger partial charge in [-0.3, -0.25) is 4.79 Å². The minimum atomic E-state index is -2.19. The number of aliphatic hydroxyl groups is 3. The smallest absolute Gasteiger partial charge is 0.192 e. The second-order valence-electron chi connectivity index (χ2n) is 26.8. The Balaban J connectivity index is 0.000000191. The van der Waals surface area contributed by atoms with E-state index in [-0.39, 0.29) is 67.5 Å². The Morgan fingerprint density at radius 1 is 0.703 bits per heavy atom. The average Bonchev–Trinajstić information content (AvgIpc) is 3.87. The third-order valence-electron chi connectivity index (χ3n) is 21.9. The van der Waals surface area contributed by atoms with Crippen molar-refractivity contribution < 1.29 is 33.5 Å². The quantitative estimate of drug-likeness (QED) is 0.118. The van der Waals surface area contributed by atoms with Gasteiger partial charge in [0.05, 0.1) is 36.4 Å². The molecule has 3 N–H and O–H groups in total. The highest BCUT2D eigenvalue weighted by atomic mass is 28.4. The van der Waals surface area contributed by atoms with Gasteiger partial charge in [-0.05, 0) is 176 Å². The number of aromatic nitrogens is 1. The summed E-state index contributed by atoms with van der Waals surface area (Å²) in [5.74, 6) is 2.63. The van der Waals surface area contributed by atoms with Crippen molar-refractivity contribution in [1.29, 1.82) is 0 Å². The van der Waals surface area contributed by atoms with Crippen LogP contribution in [-0.4, -0.2) is 67.3 Å². The van der Waals surface area contributed by atoms with Crippen molar-refractivity contribution >= 4 is 22.4 Å². The molecule has 0 aliphatic heterocycles. The summed E-state index contributed by atoms with van der Waals surface area (Å²) in [6.45, 7) is 41.9. The fourth-order valence-corrected chi connectivity index (χ4v) is 18.3. The van der Waals surface area contributed by atoms with E-state index in [1.54, 1.807) is 6.26 Å². The molecule has 0 amide bonds. The zero-order chi connectivity index (χ0) is 47.1. The largest absolute Gasteiger partial charge is 0.515 e. The van der Waals surface area contributed by atoms with Crippen molar-refractivity contribution in [3.8, 4) is 0 Å². The average molecular weight is 918 g/mol. The van der Waals surface area contributed by atoms with E-state index < -0.39 is 28.8 Å². The number of hydrogen-bond donors (Lipinski definition) is 3. The molecule has 358 valence electrons. The molecule has 8 aliphatic rings. The first-order valence-corrected chi connectivity index (χ1v) is 31.2. The van der Waals surface area contributed by atoms with Gasteiger partial charge in [0, 0.05) is 17.6 Å². The van der Waals surface area contributed by atoms with Crippen molar-refractivity contribution in [3.05, 3.63) is 53.7 Å². The Bertz CT molecular complexity index is 2040. The molecule has 1 heterocycles. The molecule has 8 nitrogen and oxygen atoms in total. The lowest BCUT2D eigenvalue weighted by atomic mass is 9.43. The van der Waals surface area contributed by atoms with Crippen LogP contribution in [0.15, 0.2) is 46.9 Å². The Morgan fingerprint density at radius 3 is 1.73 bits per heavy atom.